The number of aromatic nitrogens is 4. The van der Waals surface area contributed by atoms with Crippen LogP contribution in [-0.4, -0.2) is 79.0 Å². The molecule has 9 rings (SSSR count). The Balaban J connectivity index is 0.791. The number of benzene rings is 4. The van der Waals surface area contributed by atoms with Crippen molar-refractivity contribution in [2.24, 2.45) is 0 Å². The first-order valence-corrected chi connectivity index (χ1v) is 18.1. The highest BCUT2D eigenvalue weighted by atomic mass is 32.1. The molecule has 55 heavy (non-hydrogen) atoms. The molecule has 276 valence electrons. The Bertz CT molecular complexity index is 2410. The van der Waals surface area contributed by atoms with Crippen LogP contribution in [0.3, 0.4) is 0 Å². The van der Waals surface area contributed by atoms with Crippen molar-refractivity contribution in [1.29, 1.82) is 0 Å². The highest BCUT2D eigenvalue weighted by Crippen LogP contribution is 2.57. The van der Waals surface area contributed by atoms with E-state index in [0.717, 1.165) is 36.5 Å². The molecule has 3 aliphatic heterocycles. The molecule has 1 spiro atoms. The van der Waals surface area contributed by atoms with Gasteiger partial charge < -0.3 is 45.6 Å². The maximum absolute atomic E-state index is 13.4. The maximum atomic E-state index is 13.4. The number of hydrogen-bond donors (Lipinski definition) is 7. The van der Waals surface area contributed by atoms with E-state index in [1.165, 1.54) is 24.3 Å². The average molecular weight is 755 g/mol. The first-order chi connectivity index (χ1) is 26.7. The molecule has 0 saturated carbocycles. The molecular weight excluding hydrogens is 721 g/mol. The molecule has 1 saturated heterocycles. The zero-order chi connectivity index (χ0) is 37.7. The zero-order valence-electron chi connectivity index (χ0n) is 29.1. The van der Waals surface area contributed by atoms with Gasteiger partial charge in [0, 0.05) is 84.1 Å². The molecule has 7 N–H and O–H groups in total. The largest absolute Gasteiger partial charge is 0.508 e. The maximum Gasteiger partial charge on any atom is 0.340 e. The molecule has 4 aromatic carbocycles. The molecule has 3 aliphatic rings. The summed E-state index contributed by atoms with van der Waals surface area (Å²) in [7, 11) is 0. The van der Waals surface area contributed by atoms with Crippen LogP contribution in [0, 0.1) is 0 Å². The van der Waals surface area contributed by atoms with Gasteiger partial charge in [0.25, 0.3) is 0 Å². The minimum absolute atomic E-state index is 0.00663. The van der Waals surface area contributed by atoms with Crippen molar-refractivity contribution in [1.82, 2.24) is 31.0 Å². The second kappa shape index (κ2) is 13.6. The second-order valence-corrected chi connectivity index (χ2v) is 14.0. The van der Waals surface area contributed by atoms with Gasteiger partial charge in [-0.25, -0.2) is 4.79 Å². The van der Waals surface area contributed by atoms with Crippen molar-refractivity contribution in [3.8, 4) is 51.1 Å². The van der Waals surface area contributed by atoms with Gasteiger partial charge >= 0.3 is 5.97 Å². The topological polar surface area (TPSA) is 190 Å². The van der Waals surface area contributed by atoms with Crippen molar-refractivity contribution >= 4 is 34.8 Å². The molecule has 1 fully saturated rings. The summed E-state index contributed by atoms with van der Waals surface area (Å²) >= 11 is 5.58. The van der Waals surface area contributed by atoms with Gasteiger partial charge in [0.2, 0.25) is 0 Å². The van der Waals surface area contributed by atoms with Crippen LogP contribution in [0.1, 0.15) is 33.5 Å². The molecule has 0 bridgehead atoms. The first-order valence-electron chi connectivity index (χ1n) is 17.7. The highest BCUT2D eigenvalue weighted by molar-refractivity contribution is 7.80. The predicted octanol–water partition coefficient (Wildman–Crippen LogP) is 5.37. The minimum Gasteiger partial charge on any atom is -0.508 e. The van der Waals surface area contributed by atoms with Crippen LogP contribution in [0.4, 0.5) is 11.5 Å². The van der Waals surface area contributed by atoms with Crippen molar-refractivity contribution in [2.75, 3.05) is 36.4 Å². The quantitative estimate of drug-likeness (QED) is 0.0596. The van der Waals surface area contributed by atoms with Crippen molar-refractivity contribution in [3.63, 3.8) is 0 Å². The summed E-state index contributed by atoms with van der Waals surface area (Å²) in [6.07, 6.45) is 4.42. The Morgan fingerprint density at radius 2 is 1.65 bits per heavy atom. The number of thiocarbonyl (C=S) groups is 1. The molecule has 0 amide bonds. The Morgan fingerprint density at radius 3 is 2.36 bits per heavy atom. The number of H-pyrrole nitrogens is 1. The summed E-state index contributed by atoms with van der Waals surface area (Å²) < 4.78 is 12.2. The van der Waals surface area contributed by atoms with Crippen molar-refractivity contribution in [2.45, 2.75) is 18.1 Å². The van der Waals surface area contributed by atoms with E-state index in [1.807, 2.05) is 36.4 Å². The Kier molecular flexibility index (Phi) is 8.43. The summed E-state index contributed by atoms with van der Waals surface area (Å²) in [5.74, 6) is 1.00. The van der Waals surface area contributed by atoms with E-state index in [2.05, 4.69) is 41.2 Å². The van der Waals surface area contributed by atoms with Gasteiger partial charge in [0.1, 0.15) is 28.7 Å². The monoisotopic (exact) mass is 754 g/mol. The number of carbonyl (C=O) groups excluding carboxylic acids is 1. The van der Waals surface area contributed by atoms with Crippen LogP contribution < -0.4 is 25.6 Å². The molecule has 5 heterocycles. The number of phenolic OH excluding ortho intramolecular Hbond substituents is 3. The van der Waals surface area contributed by atoms with Gasteiger partial charge in [0.05, 0.1) is 17.5 Å². The molecule has 1 atom stereocenters. The minimum atomic E-state index is -1.33. The van der Waals surface area contributed by atoms with Crippen LogP contribution in [-0.2, 0) is 10.3 Å². The summed E-state index contributed by atoms with van der Waals surface area (Å²) in [4.78, 5) is 15.6. The summed E-state index contributed by atoms with van der Waals surface area (Å²) in [6.45, 7) is 2.85. The third kappa shape index (κ3) is 6.18. The Hall–Kier alpha value is -6.71. The van der Waals surface area contributed by atoms with Crippen LogP contribution >= 0.6 is 12.2 Å². The van der Waals surface area contributed by atoms with Crippen LogP contribution in [0.2, 0.25) is 0 Å². The van der Waals surface area contributed by atoms with Gasteiger partial charge in [-0.3, -0.25) is 5.10 Å². The lowest BCUT2D eigenvalue weighted by Gasteiger charge is -2.36. The number of aromatic amines is 1. The fraction of sp³-hybridized carbons (Fsp3) is 0.175. The van der Waals surface area contributed by atoms with Gasteiger partial charge in [-0.15, -0.1) is 10.2 Å². The van der Waals surface area contributed by atoms with Gasteiger partial charge in [-0.2, -0.15) is 5.10 Å². The van der Waals surface area contributed by atoms with E-state index >= 15 is 0 Å². The number of phenols is 3. The number of anilines is 2. The Morgan fingerprint density at radius 1 is 0.873 bits per heavy atom. The average Bonchev–Trinajstić information content (AvgIpc) is 3.95. The molecule has 14 nitrogen and oxygen atoms in total. The lowest BCUT2D eigenvalue weighted by molar-refractivity contribution is 0.0224. The van der Waals surface area contributed by atoms with E-state index in [4.69, 9.17) is 21.7 Å². The summed E-state index contributed by atoms with van der Waals surface area (Å²) in [5, 5.41) is 57.0. The van der Waals surface area contributed by atoms with Crippen LogP contribution in [0.5, 0.6) is 28.7 Å². The number of nitrogens with zero attached hydrogens (tertiary/aromatic N) is 4. The van der Waals surface area contributed by atoms with E-state index in [9.17, 15) is 20.1 Å². The fourth-order valence-corrected chi connectivity index (χ4v) is 7.74. The molecule has 15 heteroatoms. The number of aromatic hydroxyl groups is 3. The van der Waals surface area contributed by atoms with Crippen LogP contribution in [0.15, 0.2) is 97.3 Å². The number of carbonyl (C=O) groups is 1. The van der Waals surface area contributed by atoms with Gasteiger partial charge in [-0.05, 0) is 84.9 Å². The zero-order valence-corrected chi connectivity index (χ0v) is 29.9. The molecular formula is C40H34N8O6S. The number of rotatable bonds is 8. The number of hydrogen-bond acceptors (Lipinski definition) is 12. The van der Waals surface area contributed by atoms with E-state index in [1.54, 1.807) is 36.7 Å². The lowest BCUT2D eigenvalue weighted by Crippen LogP contribution is -2.39. The molecule has 1 unspecified atom stereocenters. The van der Waals surface area contributed by atoms with Gasteiger partial charge in [-0.1, -0.05) is 12.1 Å². The standard InChI is InChI=1S/C40H34N8O6S/c49-26-3-7-31-35(17-26)53-36-18-27(50)4-8-32(36)40(31)30-6-2-24(16-29(30)38(52)54-40)45-39(55)42-13-12-41-25-11-14-48(21-25)37-10-9-33(46-47-37)28-5-1-22(15-34(28)51)23-19-43-44-20-23/h1-10,15-20,25,41,49-51H,11-14,21H2,(H,43,44)(H2,42,45,55). The van der Waals surface area contributed by atoms with Crippen LogP contribution in [0.25, 0.3) is 22.4 Å². The molecule has 0 radical (unpaired) electrons. The molecule has 0 aliphatic carbocycles. The molecule has 6 aromatic rings. The third-order valence-electron chi connectivity index (χ3n) is 10.1. The lowest BCUT2D eigenvalue weighted by atomic mass is 9.77. The van der Waals surface area contributed by atoms with E-state index in [0.29, 0.717) is 68.9 Å². The fourth-order valence-electron chi connectivity index (χ4n) is 7.52. The number of nitrogens with one attached hydrogen (secondary N) is 4. The first kappa shape index (κ1) is 34.1. The van der Waals surface area contributed by atoms with Gasteiger partial charge in [0.15, 0.2) is 16.5 Å². The predicted molar refractivity (Wildman–Crippen MR) is 208 cm³/mol. The second-order valence-electron chi connectivity index (χ2n) is 13.6. The SMILES string of the molecule is O=C1OC2(c3ccc(O)cc3Oc3cc(O)ccc32)c2ccc(NC(=S)NCCNC3CCN(c4ccc(-c5ccc(-c6cn[nH]c6)cc5O)nn4)C3)cc21. The Labute approximate surface area is 319 Å². The van der Waals surface area contributed by atoms with E-state index in [-0.39, 0.29) is 23.3 Å². The number of fused-ring (bicyclic) bond motifs is 6. The normalized spacial score (nSPS) is 16.2. The number of esters is 1. The van der Waals surface area contributed by atoms with Crippen molar-refractivity contribution in [3.05, 3.63) is 120 Å². The molecule has 2 aromatic heterocycles. The highest BCUT2D eigenvalue weighted by Gasteiger charge is 2.53. The third-order valence-corrected chi connectivity index (χ3v) is 10.4. The summed E-state index contributed by atoms with van der Waals surface area (Å²) in [5.41, 5.74) is 4.31. The summed E-state index contributed by atoms with van der Waals surface area (Å²) in [6, 6.07) is 24.2. The smallest absolute Gasteiger partial charge is 0.340 e. The number of ether oxygens (including phenoxy) is 2. The van der Waals surface area contributed by atoms with Crippen molar-refractivity contribution < 1.29 is 29.6 Å². The van der Waals surface area contributed by atoms with E-state index < -0.39 is 11.6 Å².